The van der Waals surface area contributed by atoms with Crippen LogP contribution in [-0.4, -0.2) is 25.0 Å². The number of halogens is 1. The Kier molecular flexibility index (Phi) is 1.63. The molecule has 0 fully saturated rings. The second-order valence-electron chi connectivity index (χ2n) is 3.30. The van der Waals surface area contributed by atoms with E-state index < -0.39 is 0 Å². The first-order chi connectivity index (χ1) is 7.25. The average Bonchev–Trinajstić information content (AvgIpc) is 2.63. The van der Waals surface area contributed by atoms with Gasteiger partial charge in [0.15, 0.2) is 5.65 Å². The van der Waals surface area contributed by atoms with Gasteiger partial charge in [-0.05, 0) is 35.0 Å². The molecule has 0 N–H and O–H groups in total. The van der Waals surface area contributed by atoms with Gasteiger partial charge in [0.05, 0.1) is 17.2 Å². The molecule has 1 aromatic carbocycles. The molecule has 0 amide bonds. The van der Waals surface area contributed by atoms with Crippen molar-refractivity contribution < 1.29 is 0 Å². The van der Waals surface area contributed by atoms with Crippen molar-refractivity contribution in [1.82, 2.24) is 25.0 Å². The van der Waals surface area contributed by atoms with E-state index in [1.165, 1.54) is 0 Å². The van der Waals surface area contributed by atoms with E-state index in [4.69, 9.17) is 11.6 Å². The summed E-state index contributed by atoms with van der Waals surface area (Å²) in [6, 6.07) is 3.66. The number of hydrogen-bond donors (Lipinski definition) is 0. The van der Waals surface area contributed by atoms with Gasteiger partial charge in [0.1, 0.15) is 0 Å². The van der Waals surface area contributed by atoms with Crippen molar-refractivity contribution in [2.75, 3.05) is 0 Å². The highest BCUT2D eigenvalue weighted by atomic mass is 35.5. The second-order valence-corrected chi connectivity index (χ2v) is 3.73. The molecule has 0 atom stereocenters. The van der Waals surface area contributed by atoms with Crippen LogP contribution in [0.2, 0.25) is 5.02 Å². The van der Waals surface area contributed by atoms with E-state index >= 15 is 0 Å². The quantitative estimate of drug-likeness (QED) is 0.577. The predicted octanol–water partition coefficient (Wildman–Crippen LogP) is 1.63. The highest BCUT2D eigenvalue weighted by molar-refractivity contribution is 6.31. The Morgan fingerprint density at radius 2 is 2.20 bits per heavy atom. The summed E-state index contributed by atoms with van der Waals surface area (Å²) >= 11 is 5.95. The maximum Gasteiger partial charge on any atom is 0.198 e. The molecule has 74 valence electrons. The molecule has 2 aromatic heterocycles. The third kappa shape index (κ3) is 1.16. The average molecular weight is 220 g/mol. The number of rotatable bonds is 0. The molecule has 0 spiro atoms. The van der Waals surface area contributed by atoms with Crippen LogP contribution in [-0.2, 0) is 0 Å². The van der Waals surface area contributed by atoms with Gasteiger partial charge in [-0.25, -0.2) is 0 Å². The van der Waals surface area contributed by atoms with Crippen LogP contribution in [0.4, 0.5) is 0 Å². The lowest BCUT2D eigenvalue weighted by molar-refractivity contribution is 0.839. The van der Waals surface area contributed by atoms with Gasteiger partial charge in [-0.1, -0.05) is 11.6 Å². The van der Waals surface area contributed by atoms with E-state index in [9.17, 15) is 0 Å². The molecule has 6 heteroatoms. The number of aromatic nitrogens is 5. The van der Waals surface area contributed by atoms with Gasteiger partial charge < -0.3 is 0 Å². The minimum absolute atomic E-state index is 0.632. The fourth-order valence-corrected chi connectivity index (χ4v) is 1.92. The Morgan fingerprint density at radius 1 is 1.33 bits per heavy atom. The third-order valence-corrected chi connectivity index (χ3v) is 2.49. The van der Waals surface area contributed by atoms with Gasteiger partial charge in [0.25, 0.3) is 0 Å². The molecule has 0 aliphatic heterocycles. The fourth-order valence-electron chi connectivity index (χ4n) is 1.65. The highest BCUT2D eigenvalue weighted by Crippen LogP contribution is 2.21. The number of nitrogens with zero attached hydrogens (tertiary/aromatic N) is 5. The molecule has 0 bridgehead atoms. The summed E-state index contributed by atoms with van der Waals surface area (Å²) in [5.41, 5.74) is 3.32. The van der Waals surface area contributed by atoms with Crippen molar-refractivity contribution in [3.8, 4) is 0 Å². The van der Waals surface area contributed by atoms with E-state index in [1.807, 2.05) is 13.0 Å². The molecule has 15 heavy (non-hydrogen) atoms. The molecule has 0 radical (unpaired) electrons. The molecule has 0 aliphatic carbocycles. The Balaban J connectivity index is 2.62. The molecule has 0 unspecified atom stereocenters. The number of aryl methyl sites for hydroxylation is 1. The lowest BCUT2D eigenvalue weighted by Gasteiger charge is -2.03. The van der Waals surface area contributed by atoms with Crippen molar-refractivity contribution in [3.05, 3.63) is 28.9 Å². The van der Waals surface area contributed by atoms with Gasteiger partial charge >= 0.3 is 0 Å². The van der Waals surface area contributed by atoms with E-state index in [-0.39, 0.29) is 0 Å². The first-order valence-electron chi connectivity index (χ1n) is 4.38. The van der Waals surface area contributed by atoms with Crippen LogP contribution < -0.4 is 0 Å². The van der Waals surface area contributed by atoms with Crippen LogP contribution in [0.3, 0.4) is 0 Å². The molecule has 3 rings (SSSR count). The van der Waals surface area contributed by atoms with Crippen molar-refractivity contribution in [3.63, 3.8) is 0 Å². The maximum atomic E-state index is 5.95. The zero-order valence-corrected chi connectivity index (χ0v) is 8.60. The largest absolute Gasteiger partial charge is 0.251 e. The van der Waals surface area contributed by atoms with Gasteiger partial charge in [0, 0.05) is 5.02 Å². The van der Waals surface area contributed by atoms with Crippen molar-refractivity contribution in [1.29, 1.82) is 0 Å². The molecule has 2 heterocycles. The summed E-state index contributed by atoms with van der Waals surface area (Å²) < 4.78 is 1.66. The van der Waals surface area contributed by atoms with Crippen molar-refractivity contribution in [2.24, 2.45) is 0 Å². The Bertz CT molecular complexity index is 660. The zero-order chi connectivity index (χ0) is 10.4. The molecule has 0 aliphatic rings. The predicted molar refractivity (Wildman–Crippen MR) is 55.8 cm³/mol. The van der Waals surface area contributed by atoms with Gasteiger partial charge in [-0.2, -0.15) is 4.52 Å². The lowest BCUT2D eigenvalue weighted by Crippen LogP contribution is -1.95. The van der Waals surface area contributed by atoms with Gasteiger partial charge in [-0.3, -0.25) is 4.98 Å². The van der Waals surface area contributed by atoms with E-state index in [0.29, 0.717) is 10.7 Å². The molecule has 0 saturated heterocycles. The fraction of sp³-hybridized carbons (Fsp3) is 0.111. The van der Waals surface area contributed by atoms with E-state index in [2.05, 4.69) is 20.5 Å². The van der Waals surface area contributed by atoms with Gasteiger partial charge in [0.2, 0.25) is 0 Å². The monoisotopic (exact) mass is 219 g/mol. The summed E-state index contributed by atoms with van der Waals surface area (Å²) in [6.07, 6.45) is 1.62. The van der Waals surface area contributed by atoms with Crippen LogP contribution in [0.15, 0.2) is 18.3 Å². The topological polar surface area (TPSA) is 56.0 Å². The summed E-state index contributed by atoms with van der Waals surface area (Å²) in [7, 11) is 0. The van der Waals surface area contributed by atoms with Crippen LogP contribution in [0.25, 0.3) is 16.7 Å². The zero-order valence-electron chi connectivity index (χ0n) is 7.85. The van der Waals surface area contributed by atoms with Crippen molar-refractivity contribution >= 4 is 28.3 Å². The van der Waals surface area contributed by atoms with Crippen LogP contribution in [0.1, 0.15) is 5.56 Å². The third-order valence-electron chi connectivity index (χ3n) is 2.27. The number of tetrazole rings is 1. The standard InChI is InChI=1S/C9H6ClN5/c1-5-2-6(10)3-7-9(5)15-8(4-11-7)12-13-14-15/h2-4H,1H3. The number of benzene rings is 1. The maximum absolute atomic E-state index is 5.95. The normalized spacial score (nSPS) is 11.3. The minimum atomic E-state index is 0.632. The Morgan fingerprint density at radius 3 is 3.07 bits per heavy atom. The summed E-state index contributed by atoms with van der Waals surface area (Å²) in [6.45, 7) is 1.96. The number of fused-ring (bicyclic) bond motifs is 3. The van der Waals surface area contributed by atoms with E-state index in [0.717, 1.165) is 16.6 Å². The Hall–Kier alpha value is -1.75. The first kappa shape index (κ1) is 8.55. The molecule has 0 saturated carbocycles. The second kappa shape index (κ2) is 2.87. The summed E-state index contributed by atoms with van der Waals surface area (Å²) in [5, 5.41) is 12.0. The minimum Gasteiger partial charge on any atom is -0.251 e. The first-order valence-corrected chi connectivity index (χ1v) is 4.76. The SMILES string of the molecule is Cc1cc(Cl)cc2ncc3nnnn3c12. The smallest absolute Gasteiger partial charge is 0.198 e. The lowest BCUT2D eigenvalue weighted by atomic mass is 10.2. The Labute approximate surface area is 89.7 Å². The molecule has 3 aromatic rings. The van der Waals surface area contributed by atoms with Crippen LogP contribution >= 0.6 is 11.6 Å². The summed E-state index contributed by atoms with van der Waals surface area (Å²) in [4.78, 5) is 4.26. The molecule has 5 nitrogen and oxygen atoms in total. The summed E-state index contributed by atoms with van der Waals surface area (Å²) in [5.74, 6) is 0. The van der Waals surface area contributed by atoms with Gasteiger partial charge in [-0.15, -0.1) is 5.10 Å². The van der Waals surface area contributed by atoms with Crippen LogP contribution in [0, 0.1) is 6.92 Å². The molecular formula is C9H6ClN5. The number of hydrogen-bond acceptors (Lipinski definition) is 4. The van der Waals surface area contributed by atoms with Crippen LogP contribution in [0.5, 0.6) is 0 Å². The van der Waals surface area contributed by atoms with E-state index in [1.54, 1.807) is 16.8 Å². The van der Waals surface area contributed by atoms with Crippen molar-refractivity contribution in [2.45, 2.75) is 6.92 Å². The molecular weight excluding hydrogens is 214 g/mol. The highest BCUT2D eigenvalue weighted by Gasteiger charge is 2.07.